The van der Waals surface area contributed by atoms with E-state index in [2.05, 4.69) is 32.7 Å². The molecule has 1 rings (SSSR count). The summed E-state index contributed by atoms with van der Waals surface area (Å²) in [5.74, 6) is -0.319. The number of esters is 1. The maximum atomic E-state index is 11.4. The van der Waals surface area contributed by atoms with Gasteiger partial charge in [0.25, 0.3) is 0 Å². The van der Waals surface area contributed by atoms with Gasteiger partial charge in [-0.05, 0) is 13.8 Å². The van der Waals surface area contributed by atoms with E-state index < -0.39 is 0 Å². The SMILES string of the molecule is C=C(C)C(=O)OC[N+](C)(CC)Cc1ccccc1. The van der Waals surface area contributed by atoms with E-state index in [1.165, 1.54) is 5.56 Å². The van der Waals surface area contributed by atoms with Gasteiger partial charge < -0.3 is 4.74 Å². The topological polar surface area (TPSA) is 26.3 Å². The molecular weight excluding hydrogens is 226 g/mol. The monoisotopic (exact) mass is 248 g/mol. The average molecular weight is 248 g/mol. The fourth-order valence-corrected chi connectivity index (χ4v) is 1.61. The summed E-state index contributed by atoms with van der Waals surface area (Å²) in [6.45, 7) is 9.46. The fraction of sp³-hybridized carbons (Fsp3) is 0.400. The summed E-state index contributed by atoms with van der Waals surface area (Å²) in [6, 6.07) is 10.2. The largest absolute Gasteiger partial charge is 0.412 e. The lowest BCUT2D eigenvalue weighted by Crippen LogP contribution is -2.45. The summed E-state index contributed by atoms with van der Waals surface area (Å²) in [7, 11) is 2.08. The first-order valence-electron chi connectivity index (χ1n) is 6.17. The Morgan fingerprint density at radius 2 is 1.94 bits per heavy atom. The van der Waals surface area contributed by atoms with Crippen LogP contribution in [0.5, 0.6) is 0 Å². The zero-order valence-electron chi connectivity index (χ0n) is 11.5. The quantitative estimate of drug-likeness (QED) is 0.335. The molecule has 18 heavy (non-hydrogen) atoms. The summed E-state index contributed by atoms with van der Waals surface area (Å²) >= 11 is 0. The lowest BCUT2D eigenvalue weighted by atomic mass is 10.2. The summed E-state index contributed by atoms with van der Waals surface area (Å²) in [6.07, 6.45) is 0. The van der Waals surface area contributed by atoms with Crippen LogP contribution in [0, 0.1) is 0 Å². The second-order valence-electron chi connectivity index (χ2n) is 4.92. The van der Waals surface area contributed by atoms with Gasteiger partial charge in [0.05, 0.1) is 13.6 Å². The highest BCUT2D eigenvalue weighted by Gasteiger charge is 2.22. The van der Waals surface area contributed by atoms with Gasteiger partial charge in [-0.1, -0.05) is 36.9 Å². The summed E-state index contributed by atoms with van der Waals surface area (Å²) in [5.41, 5.74) is 1.69. The second-order valence-corrected chi connectivity index (χ2v) is 4.92. The Kier molecular flexibility index (Phi) is 5.10. The zero-order chi connectivity index (χ0) is 13.6. The predicted molar refractivity (Wildman–Crippen MR) is 72.6 cm³/mol. The molecule has 0 amide bonds. The first-order chi connectivity index (χ1) is 8.47. The van der Waals surface area contributed by atoms with Crippen molar-refractivity contribution < 1.29 is 14.0 Å². The van der Waals surface area contributed by atoms with E-state index in [1.54, 1.807) is 6.92 Å². The van der Waals surface area contributed by atoms with E-state index in [0.717, 1.165) is 13.1 Å². The lowest BCUT2D eigenvalue weighted by Gasteiger charge is -2.32. The van der Waals surface area contributed by atoms with Gasteiger partial charge in [0.15, 0.2) is 0 Å². The zero-order valence-corrected chi connectivity index (χ0v) is 11.5. The molecule has 1 aromatic carbocycles. The van der Waals surface area contributed by atoms with Gasteiger partial charge >= 0.3 is 5.97 Å². The van der Waals surface area contributed by atoms with Gasteiger partial charge in [-0.3, -0.25) is 4.48 Å². The summed E-state index contributed by atoms with van der Waals surface area (Å²) in [4.78, 5) is 11.4. The number of nitrogens with zero attached hydrogens (tertiary/aromatic N) is 1. The molecule has 0 aliphatic rings. The predicted octanol–water partition coefficient (Wildman–Crippen LogP) is 2.73. The van der Waals surface area contributed by atoms with Crippen molar-refractivity contribution in [3.8, 4) is 0 Å². The third kappa shape index (κ3) is 4.34. The number of hydrogen-bond donors (Lipinski definition) is 0. The smallest absolute Gasteiger partial charge is 0.337 e. The normalized spacial score (nSPS) is 13.7. The van der Waals surface area contributed by atoms with Crippen LogP contribution in [0.1, 0.15) is 19.4 Å². The van der Waals surface area contributed by atoms with Crippen LogP contribution < -0.4 is 0 Å². The molecule has 0 fully saturated rings. The van der Waals surface area contributed by atoms with Crippen molar-refractivity contribution in [2.75, 3.05) is 20.3 Å². The number of carbonyl (C=O) groups excluding carboxylic acids is 1. The van der Waals surface area contributed by atoms with Gasteiger partial charge in [0.1, 0.15) is 6.54 Å². The highest BCUT2D eigenvalue weighted by atomic mass is 16.5. The van der Waals surface area contributed by atoms with Crippen molar-refractivity contribution in [1.29, 1.82) is 0 Å². The Bertz CT molecular complexity index is 414. The van der Waals surface area contributed by atoms with Gasteiger partial charge in [-0.15, -0.1) is 0 Å². The summed E-state index contributed by atoms with van der Waals surface area (Å²) < 4.78 is 5.94. The first-order valence-corrected chi connectivity index (χ1v) is 6.17. The van der Waals surface area contributed by atoms with Crippen molar-refractivity contribution in [3.63, 3.8) is 0 Å². The second kappa shape index (κ2) is 6.36. The minimum absolute atomic E-state index is 0.319. The molecule has 0 heterocycles. The molecule has 1 atom stereocenters. The number of carbonyl (C=O) groups is 1. The van der Waals surface area contributed by atoms with Crippen LogP contribution >= 0.6 is 0 Å². The highest BCUT2D eigenvalue weighted by molar-refractivity contribution is 5.86. The van der Waals surface area contributed by atoms with Gasteiger partial charge in [-0.2, -0.15) is 0 Å². The molecular formula is C15H22NO2+. The third-order valence-corrected chi connectivity index (χ3v) is 3.03. The Hall–Kier alpha value is -1.61. The minimum atomic E-state index is -0.319. The van der Waals surface area contributed by atoms with Crippen molar-refractivity contribution in [2.24, 2.45) is 0 Å². The van der Waals surface area contributed by atoms with Gasteiger partial charge in [0.2, 0.25) is 6.73 Å². The number of ether oxygens (including phenoxy) is 1. The molecule has 0 radical (unpaired) electrons. The van der Waals surface area contributed by atoms with Crippen LogP contribution in [0.15, 0.2) is 42.5 Å². The average Bonchev–Trinajstić information content (AvgIpc) is 2.37. The van der Waals surface area contributed by atoms with E-state index in [4.69, 9.17) is 4.74 Å². The standard InChI is InChI=1S/C15H22NO2/c1-5-16(4,12-18-15(17)13(2)3)11-14-9-7-6-8-10-14/h6-10H,2,5,11-12H2,1,3-4H3/q+1. The minimum Gasteiger partial charge on any atom is -0.412 e. The van der Waals surface area contributed by atoms with Crippen LogP contribution in [0.2, 0.25) is 0 Å². The van der Waals surface area contributed by atoms with E-state index in [0.29, 0.717) is 16.8 Å². The van der Waals surface area contributed by atoms with Crippen molar-refractivity contribution in [3.05, 3.63) is 48.0 Å². The highest BCUT2D eigenvalue weighted by Crippen LogP contribution is 2.12. The van der Waals surface area contributed by atoms with Crippen LogP contribution in [0.4, 0.5) is 0 Å². The first kappa shape index (κ1) is 14.5. The number of rotatable bonds is 6. The molecule has 0 spiro atoms. The third-order valence-electron chi connectivity index (χ3n) is 3.03. The maximum absolute atomic E-state index is 11.4. The fourth-order valence-electron chi connectivity index (χ4n) is 1.61. The molecule has 0 aliphatic heterocycles. The van der Waals surface area contributed by atoms with Crippen LogP contribution in [0.3, 0.4) is 0 Å². The van der Waals surface area contributed by atoms with Crippen molar-refractivity contribution >= 4 is 5.97 Å². The van der Waals surface area contributed by atoms with Crippen LogP contribution in [-0.4, -0.2) is 30.8 Å². The molecule has 0 N–H and O–H groups in total. The van der Waals surface area contributed by atoms with E-state index >= 15 is 0 Å². The Morgan fingerprint density at radius 1 is 1.33 bits per heavy atom. The Labute approximate surface area is 109 Å². The van der Waals surface area contributed by atoms with E-state index in [-0.39, 0.29) is 5.97 Å². The van der Waals surface area contributed by atoms with Gasteiger partial charge in [-0.25, -0.2) is 4.79 Å². The number of hydrogen-bond acceptors (Lipinski definition) is 2. The number of quaternary nitrogens is 1. The molecule has 3 heteroatoms. The summed E-state index contributed by atoms with van der Waals surface area (Å²) in [5, 5.41) is 0. The molecule has 0 aliphatic carbocycles. The van der Waals surface area contributed by atoms with Crippen molar-refractivity contribution in [2.45, 2.75) is 20.4 Å². The van der Waals surface area contributed by atoms with Crippen LogP contribution in [-0.2, 0) is 16.1 Å². The lowest BCUT2D eigenvalue weighted by molar-refractivity contribution is -0.936. The van der Waals surface area contributed by atoms with Crippen molar-refractivity contribution in [1.82, 2.24) is 0 Å². The Morgan fingerprint density at radius 3 is 2.44 bits per heavy atom. The molecule has 98 valence electrons. The van der Waals surface area contributed by atoms with Crippen LogP contribution in [0.25, 0.3) is 0 Å². The number of benzene rings is 1. The molecule has 0 saturated heterocycles. The van der Waals surface area contributed by atoms with E-state index in [9.17, 15) is 4.79 Å². The molecule has 0 bridgehead atoms. The molecule has 1 unspecified atom stereocenters. The van der Waals surface area contributed by atoms with E-state index in [1.807, 2.05) is 18.2 Å². The molecule has 0 saturated carbocycles. The maximum Gasteiger partial charge on any atom is 0.337 e. The molecule has 3 nitrogen and oxygen atoms in total. The Balaban J connectivity index is 2.62. The molecule has 0 aromatic heterocycles. The molecule has 1 aromatic rings. The van der Waals surface area contributed by atoms with Gasteiger partial charge in [0, 0.05) is 11.1 Å².